The highest BCUT2D eigenvalue weighted by Crippen LogP contribution is 2.32. The first kappa shape index (κ1) is 5.35. The topological polar surface area (TPSA) is 40.0 Å². The molecule has 0 saturated heterocycles. The Morgan fingerprint density at radius 2 is 2.64 bits per heavy atom. The van der Waals surface area contributed by atoms with Gasteiger partial charge in [-0.25, -0.2) is 0 Å². The molecule has 0 amide bonds. The smallest absolute Gasteiger partial charge is 0.189 e. The van der Waals surface area contributed by atoms with Crippen molar-refractivity contribution < 1.29 is 0 Å². The monoisotopic (exact) mass is 148 g/mol. The van der Waals surface area contributed by atoms with E-state index in [2.05, 4.69) is 32.6 Å². The molecule has 4 nitrogen and oxygen atoms in total. The van der Waals surface area contributed by atoms with Crippen LogP contribution in [0.2, 0.25) is 0 Å². The third-order valence-corrected chi connectivity index (χ3v) is 2.32. The van der Waals surface area contributed by atoms with Crippen molar-refractivity contribution >= 4 is 0 Å². The maximum absolute atomic E-state index is 4.22. The van der Waals surface area contributed by atoms with Crippen molar-refractivity contribution in [3.63, 3.8) is 0 Å². The number of nitrogens with one attached hydrogen (secondary N) is 1. The second-order valence-electron chi connectivity index (χ2n) is 3.00. The molecule has 4 rings (SSSR count). The van der Waals surface area contributed by atoms with Gasteiger partial charge in [-0.15, -0.1) is 5.11 Å². The number of fused-ring (bicyclic) bond motifs is 1. The standard InChI is InChI=1S/C7H8N4/c1-2-7-5-8-6(9-10-7)4-11(7)3-1/h1-2,4,8H,3,5H2. The first-order valence-electron chi connectivity index (χ1n) is 3.72. The Morgan fingerprint density at radius 1 is 1.64 bits per heavy atom. The van der Waals surface area contributed by atoms with Crippen LogP contribution in [0.25, 0.3) is 0 Å². The van der Waals surface area contributed by atoms with Gasteiger partial charge >= 0.3 is 0 Å². The quantitative estimate of drug-likeness (QED) is 0.506. The number of rotatable bonds is 0. The van der Waals surface area contributed by atoms with Crippen molar-refractivity contribution in [3.8, 4) is 0 Å². The van der Waals surface area contributed by atoms with E-state index in [0.717, 1.165) is 18.9 Å². The molecule has 1 unspecified atom stereocenters. The summed E-state index contributed by atoms with van der Waals surface area (Å²) in [7, 11) is 0. The van der Waals surface area contributed by atoms with Crippen LogP contribution in [0.3, 0.4) is 0 Å². The molecule has 2 bridgehead atoms. The van der Waals surface area contributed by atoms with Gasteiger partial charge in [0, 0.05) is 12.7 Å². The van der Waals surface area contributed by atoms with E-state index in [4.69, 9.17) is 0 Å². The van der Waals surface area contributed by atoms with Crippen LogP contribution in [-0.4, -0.2) is 23.7 Å². The van der Waals surface area contributed by atoms with Gasteiger partial charge in [0.05, 0.1) is 6.54 Å². The molecule has 1 N–H and O–H groups in total. The molecular formula is C7H8N4. The highest BCUT2D eigenvalue weighted by atomic mass is 15.5. The van der Waals surface area contributed by atoms with Gasteiger partial charge in [0.15, 0.2) is 11.5 Å². The highest BCUT2D eigenvalue weighted by molar-refractivity contribution is 5.25. The van der Waals surface area contributed by atoms with Crippen LogP contribution in [-0.2, 0) is 0 Å². The van der Waals surface area contributed by atoms with Gasteiger partial charge in [0.1, 0.15) is 0 Å². The van der Waals surface area contributed by atoms with Gasteiger partial charge < -0.3 is 10.2 Å². The van der Waals surface area contributed by atoms with Gasteiger partial charge in [-0.2, -0.15) is 5.11 Å². The second kappa shape index (κ2) is 1.47. The highest BCUT2D eigenvalue weighted by Gasteiger charge is 2.41. The largest absolute Gasteiger partial charge is 0.363 e. The van der Waals surface area contributed by atoms with Crippen LogP contribution >= 0.6 is 0 Å². The lowest BCUT2D eigenvalue weighted by molar-refractivity contribution is 0.192. The zero-order chi connectivity index (χ0) is 7.31. The van der Waals surface area contributed by atoms with Crippen molar-refractivity contribution in [2.24, 2.45) is 10.2 Å². The molecule has 4 aliphatic heterocycles. The van der Waals surface area contributed by atoms with Crippen LogP contribution in [0.1, 0.15) is 0 Å². The Kier molecular flexibility index (Phi) is 0.713. The number of azo groups is 1. The third kappa shape index (κ3) is 0.506. The maximum Gasteiger partial charge on any atom is 0.189 e. The van der Waals surface area contributed by atoms with Crippen molar-refractivity contribution in [1.82, 2.24) is 10.2 Å². The molecular weight excluding hydrogens is 140 g/mol. The number of nitrogens with zero attached hydrogens (tertiary/aromatic N) is 3. The van der Waals surface area contributed by atoms with Crippen molar-refractivity contribution in [1.29, 1.82) is 0 Å². The summed E-state index contributed by atoms with van der Waals surface area (Å²) < 4.78 is 0. The fourth-order valence-electron chi connectivity index (χ4n) is 1.68. The summed E-state index contributed by atoms with van der Waals surface area (Å²) in [4.78, 5) is 2.20. The molecule has 0 fully saturated rings. The van der Waals surface area contributed by atoms with Gasteiger partial charge in [-0.3, -0.25) is 0 Å². The predicted molar refractivity (Wildman–Crippen MR) is 39.5 cm³/mol. The van der Waals surface area contributed by atoms with E-state index in [1.165, 1.54) is 0 Å². The van der Waals surface area contributed by atoms with E-state index in [-0.39, 0.29) is 5.66 Å². The Labute approximate surface area is 64.3 Å². The summed E-state index contributed by atoms with van der Waals surface area (Å²) >= 11 is 0. The maximum atomic E-state index is 4.22. The fourth-order valence-corrected chi connectivity index (χ4v) is 1.68. The second-order valence-corrected chi connectivity index (χ2v) is 3.00. The van der Waals surface area contributed by atoms with Crippen LogP contribution in [0.4, 0.5) is 0 Å². The minimum Gasteiger partial charge on any atom is -0.363 e. The average molecular weight is 148 g/mol. The van der Waals surface area contributed by atoms with E-state index < -0.39 is 0 Å². The Bertz CT molecular complexity index is 291. The Hall–Kier alpha value is -1.32. The van der Waals surface area contributed by atoms with E-state index >= 15 is 0 Å². The van der Waals surface area contributed by atoms with Crippen LogP contribution in [0.5, 0.6) is 0 Å². The van der Waals surface area contributed by atoms with Crippen molar-refractivity contribution in [3.05, 3.63) is 24.2 Å². The van der Waals surface area contributed by atoms with E-state index in [1.54, 1.807) is 0 Å². The zero-order valence-corrected chi connectivity index (χ0v) is 5.99. The summed E-state index contributed by atoms with van der Waals surface area (Å²) in [6.45, 7) is 1.82. The minimum atomic E-state index is -0.179. The summed E-state index contributed by atoms with van der Waals surface area (Å²) in [6.07, 6.45) is 6.26. The normalized spacial score (nSPS) is 37.1. The number of hydrogen-bond donors (Lipinski definition) is 1. The average Bonchev–Trinajstić information content (AvgIpc) is 2.47. The lowest BCUT2D eigenvalue weighted by Gasteiger charge is -2.39. The number of hydrogen-bond acceptors (Lipinski definition) is 4. The fraction of sp³-hybridized carbons (Fsp3) is 0.429. The first-order chi connectivity index (χ1) is 5.39. The lowest BCUT2D eigenvalue weighted by Crippen LogP contribution is -2.52. The van der Waals surface area contributed by atoms with Gasteiger partial charge in [0.25, 0.3) is 0 Å². The summed E-state index contributed by atoms with van der Waals surface area (Å²) in [6, 6.07) is 0. The molecule has 0 aromatic carbocycles. The molecule has 4 aliphatic rings. The molecule has 4 heteroatoms. The van der Waals surface area contributed by atoms with Gasteiger partial charge in [0.2, 0.25) is 0 Å². The van der Waals surface area contributed by atoms with Crippen LogP contribution < -0.4 is 5.32 Å². The molecule has 1 spiro atoms. The summed E-state index contributed by atoms with van der Waals surface area (Å²) in [5.41, 5.74) is -0.179. The van der Waals surface area contributed by atoms with E-state index in [9.17, 15) is 0 Å². The third-order valence-electron chi connectivity index (χ3n) is 2.32. The predicted octanol–water partition coefficient (Wildman–Crippen LogP) is 0.422. The Morgan fingerprint density at radius 3 is 3.36 bits per heavy atom. The molecule has 1 atom stereocenters. The van der Waals surface area contributed by atoms with E-state index in [1.807, 2.05) is 6.20 Å². The SMILES string of the molecule is C1=CC23CNC(=CN2C1)N=N3. The Balaban J connectivity index is 2.18. The van der Waals surface area contributed by atoms with Crippen LogP contribution in [0, 0.1) is 0 Å². The summed E-state index contributed by atoms with van der Waals surface area (Å²) in [5, 5.41) is 11.4. The lowest BCUT2D eigenvalue weighted by atomic mass is 10.1. The van der Waals surface area contributed by atoms with Crippen molar-refractivity contribution in [2.75, 3.05) is 13.1 Å². The zero-order valence-electron chi connectivity index (χ0n) is 5.99. The van der Waals surface area contributed by atoms with Crippen LogP contribution in [0.15, 0.2) is 34.4 Å². The molecule has 4 heterocycles. The molecule has 56 valence electrons. The molecule has 11 heavy (non-hydrogen) atoms. The molecule has 0 saturated carbocycles. The molecule has 0 aromatic heterocycles. The minimum absolute atomic E-state index is 0.179. The first-order valence-corrected chi connectivity index (χ1v) is 3.72. The summed E-state index contributed by atoms with van der Waals surface area (Å²) in [5.74, 6) is 0.885. The van der Waals surface area contributed by atoms with Gasteiger partial charge in [-0.05, 0) is 6.08 Å². The van der Waals surface area contributed by atoms with Gasteiger partial charge in [-0.1, -0.05) is 6.08 Å². The van der Waals surface area contributed by atoms with Crippen molar-refractivity contribution in [2.45, 2.75) is 5.66 Å². The molecule has 0 aromatic rings. The molecule has 0 radical (unpaired) electrons. The van der Waals surface area contributed by atoms with E-state index in [0.29, 0.717) is 0 Å². The molecule has 0 aliphatic carbocycles.